The maximum Gasteiger partial charge on any atom is 0.407 e. The minimum atomic E-state index is -1.09. The van der Waals surface area contributed by atoms with Gasteiger partial charge < -0.3 is 35.6 Å². The van der Waals surface area contributed by atoms with Crippen molar-refractivity contribution in [3.63, 3.8) is 0 Å². The summed E-state index contributed by atoms with van der Waals surface area (Å²) in [5, 5.41) is 23.8. The van der Waals surface area contributed by atoms with Crippen LogP contribution in [0.2, 0.25) is 0 Å². The van der Waals surface area contributed by atoms with E-state index >= 15 is 0 Å². The Labute approximate surface area is 250 Å². The lowest BCUT2D eigenvalue weighted by Crippen LogP contribution is -2.55. The summed E-state index contributed by atoms with van der Waals surface area (Å²) < 4.78 is 6.05. The second kappa shape index (κ2) is 12.5. The number of likely N-dealkylation sites (N-methyl/N-ethyl adjacent to an activating group) is 1. The number of piperazine rings is 1. The van der Waals surface area contributed by atoms with Gasteiger partial charge >= 0.3 is 12.1 Å². The van der Waals surface area contributed by atoms with E-state index in [1.165, 1.54) is 4.90 Å². The normalized spacial score (nSPS) is 18.8. The Kier molecular flexibility index (Phi) is 8.63. The van der Waals surface area contributed by atoms with Crippen LogP contribution in [0.25, 0.3) is 16.3 Å². The summed E-state index contributed by atoms with van der Waals surface area (Å²) in [7, 11) is 2.04. The lowest BCUT2D eigenvalue weighted by molar-refractivity contribution is 0.102. The maximum absolute atomic E-state index is 13.9. The number of fused-ring (bicyclic) bond motifs is 1. The van der Waals surface area contributed by atoms with Gasteiger partial charge in [0, 0.05) is 36.7 Å². The van der Waals surface area contributed by atoms with E-state index in [1.807, 2.05) is 50.4 Å². The number of nitrogens with two attached hydrogens (primary N) is 1. The molecular weight excluding hydrogens is 548 g/mol. The van der Waals surface area contributed by atoms with Crippen molar-refractivity contribution < 1.29 is 19.4 Å². The summed E-state index contributed by atoms with van der Waals surface area (Å²) in [6, 6.07) is 13.2. The fourth-order valence-electron chi connectivity index (χ4n) is 5.84. The molecule has 5 rings (SSSR count). The number of amides is 2. The van der Waals surface area contributed by atoms with Crippen molar-refractivity contribution >= 4 is 45.5 Å². The van der Waals surface area contributed by atoms with Gasteiger partial charge in [-0.1, -0.05) is 42.5 Å². The highest BCUT2D eigenvalue weighted by Gasteiger charge is 2.33. The minimum Gasteiger partial charge on any atom is -0.465 e. The topological polar surface area (TPSA) is 161 Å². The van der Waals surface area contributed by atoms with Crippen LogP contribution >= 0.6 is 0 Å². The molecule has 0 unspecified atom stereocenters. The van der Waals surface area contributed by atoms with Gasteiger partial charge in [-0.2, -0.15) is 15.2 Å². The van der Waals surface area contributed by atoms with Crippen LogP contribution in [0.15, 0.2) is 43.0 Å². The zero-order chi connectivity index (χ0) is 30.7. The molecule has 0 aliphatic carbocycles. The molecule has 3 aromatic rings. The molecule has 2 atom stereocenters. The summed E-state index contributed by atoms with van der Waals surface area (Å²) in [5.41, 5.74) is 8.92. The van der Waals surface area contributed by atoms with Crippen molar-refractivity contribution in [2.75, 3.05) is 55.8 Å². The fraction of sp³-hybridized carbons (Fsp3) is 0.387. The van der Waals surface area contributed by atoms with Gasteiger partial charge in [0.25, 0.3) is 5.91 Å². The van der Waals surface area contributed by atoms with Crippen molar-refractivity contribution in [3.8, 4) is 12.1 Å². The number of nitrogens with one attached hydrogen (secondary N) is 1. The number of aromatic nitrogens is 2. The molecule has 2 amide bonds. The minimum absolute atomic E-state index is 0.00460. The van der Waals surface area contributed by atoms with E-state index in [9.17, 15) is 20.0 Å². The number of allylic oxidation sites excluding steroid dienone is 1. The van der Waals surface area contributed by atoms with E-state index in [4.69, 9.17) is 10.5 Å². The Bertz CT molecular complexity index is 1600. The number of rotatable bonds is 8. The quantitative estimate of drug-likeness (QED) is 0.352. The highest BCUT2D eigenvalue weighted by Crippen LogP contribution is 2.33. The van der Waals surface area contributed by atoms with Crippen LogP contribution in [0.1, 0.15) is 42.2 Å². The molecule has 2 saturated heterocycles. The number of nitrogen functional groups attached to an aromatic ring is 1. The zero-order valence-corrected chi connectivity index (χ0v) is 24.4. The summed E-state index contributed by atoms with van der Waals surface area (Å²) in [6.07, 6.45) is 0.955. The lowest BCUT2D eigenvalue weighted by Gasteiger charge is -2.40. The number of ether oxygens (including phenoxy) is 1. The average Bonchev–Trinajstić information content (AvgIpc) is 3.40. The van der Waals surface area contributed by atoms with Crippen LogP contribution in [0.3, 0.4) is 0 Å². The molecule has 0 saturated carbocycles. The van der Waals surface area contributed by atoms with E-state index in [-0.39, 0.29) is 55.3 Å². The summed E-state index contributed by atoms with van der Waals surface area (Å²) in [5.74, 6) is -0.269. The molecule has 12 nitrogen and oxygen atoms in total. The first-order valence-electron chi connectivity index (χ1n) is 14.3. The monoisotopic (exact) mass is 584 g/mol. The van der Waals surface area contributed by atoms with Crippen LogP contribution in [-0.4, -0.2) is 88.8 Å². The number of carbonyl (C=O) groups is 2. The number of hydrogen-bond donors (Lipinski definition) is 3. The molecule has 0 bridgehead atoms. The molecule has 2 aromatic carbocycles. The predicted molar refractivity (Wildman–Crippen MR) is 165 cm³/mol. The van der Waals surface area contributed by atoms with Crippen LogP contribution < -0.4 is 20.7 Å². The highest BCUT2D eigenvalue weighted by atomic mass is 16.5. The number of nitrogens with zero attached hydrogens (tertiary/aromatic N) is 6. The van der Waals surface area contributed by atoms with Gasteiger partial charge in [-0.15, -0.1) is 0 Å². The second-order valence-corrected chi connectivity index (χ2v) is 11.1. The van der Waals surface area contributed by atoms with Crippen molar-refractivity contribution in [3.05, 3.63) is 54.2 Å². The summed E-state index contributed by atoms with van der Waals surface area (Å²) in [6.45, 7) is 7.93. The molecule has 224 valence electrons. The van der Waals surface area contributed by atoms with Gasteiger partial charge in [0.05, 0.1) is 18.5 Å². The van der Waals surface area contributed by atoms with Crippen molar-refractivity contribution in [2.45, 2.75) is 38.3 Å². The van der Waals surface area contributed by atoms with Gasteiger partial charge in [-0.25, -0.2) is 4.79 Å². The van der Waals surface area contributed by atoms with Crippen molar-refractivity contribution in [2.24, 2.45) is 0 Å². The Morgan fingerprint density at radius 3 is 2.63 bits per heavy atom. The number of nitriles is 1. The molecule has 12 heteroatoms. The molecular formula is C31H36N8O4. The average molecular weight is 585 g/mol. The van der Waals surface area contributed by atoms with Crippen LogP contribution in [0, 0.1) is 11.3 Å². The number of anilines is 3. The van der Waals surface area contributed by atoms with E-state index in [0.717, 1.165) is 41.3 Å². The van der Waals surface area contributed by atoms with E-state index < -0.39 is 18.0 Å². The van der Waals surface area contributed by atoms with Gasteiger partial charge in [0.1, 0.15) is 12.3 Å². The molecule has 1 aromatic heterocycles. The second-order valence-electron chi connectivity index (χ2n) is 11.1. The molecule has 43 heavy (non-hydrogen) atoms. The summed E-state index contributed by atoms with van der Waals surface area (Å²) >= 11 is 0. The smallest absolute Gasteiger partial charge is 0.407 e. The predicted octanol–water partition coefficient (Wildman–Crippen LogP) is 4.05. The molecule has 0 spiro atoms. The van der Waals surface area contributed by atoms with Crippen molar-refractivity contribution in [1.29, 1.82) is 5.26 Å². The molecule has 4 N–H and O–H groups in total. The fourth-order valence-corrected chi connectivity index (χ4v) is 5.84. The van der Waals surface area contributed by atoms with Gasteiger partial charge in [0.2, 0.25) is 0 Å². The molecule has 2 aliphatic rings. The third-order valence-electron chi connectivity index (χ3n) is 8.16. The third kappa shape index (κ3) is 6.17. The first-order valence-corrected chi connectivity index (χ1v) is 14.3. The van der Waals surface area contributed by atoms with Gasteiger partial charge in [-0.3, -0.25) is 4.79 Å². The van der Waals surface area contributed by atoms with E-state index in [2.05, 4.69) is 32.8 Å². The van der Waals surface area contributed by atoms with Crippen LogP contribution in [0.5, 0.6) is 6.01 Å². The SMILES string of the molecule is C=C(C)c1cccc2cccc(NC(=O)c3nc(OC[C@@H]4CCCN4C)nc(N4CCN(C(=O)O)[C@@H](CC#N)C4)c3N)c12. The number of benzene rings is 2. The lowest BCUT2D eigenvalue weighted by atomic mass is 9.98. The third-order valence-corrected chi connectivity index (χ3v) is 8.16. The molecule has 3 heterocycles. The maximum atomic E-state index is 13.9. The Hall–Kier alpha value is -4.89. The van der Waals surface area contributed by atoms with Crippen LogP contribution in [-0.2, 0) is 0 Å². The largest absolute Gasteiger partial charge is 0.465 e. The molecule has 2 fully saturated rings. The number of hydrogen-bond acceptors (Lipinski definition) is 9. The molecule has 2 aliphatic heterocycles. The van der Waals surface area contributed by atoms with E-state index in [1.54, 1.807) is 4.90 Å². The Morgan fingerprint density at radius 1 is 1.19 bits per heavy atom. The van der Waals surface area contributed by atoms with E-state index in [0.29, 0.717) is 12.3 Å². The first kappa shape index (κ1) is 29.6. The van der Waals surface area contributed by atoms with Gasteiger partial charge in [-0.05, 0) is 50.4 Å². The van der Waals surface area contributed by atoms with Gasteiger partial charge in [0.15, 0.2) is 11.5 Å². The zero-order valence-electron chi connectivity index (χ0n) is 24.4. The number of likely N-dealkylation sites (tertiary alicyclic amines) is 1. The highest BCUT2D eigenvalue weighted by molar-refractivity contribution is 6.13. The van der Waals surface area contributed by atoms with Crippen molar-refractivity contribution in [1.82, 2.24) is 19.8 Å². The van der Waals surface area contributed by atoms with Crippen LogP contribution in [0.4, 0.5) is 22.0 Å². The first-order chi connectivity index (χ1) is 20.7. The Balaban J connectivity index is 1.51. The number of carboxylic acid groups (broad SMARTS) is 1. The number of carbonyl (C=O) groups excluding carboxylic acids is 1. The molecule has 0 radical (unpaired) electrons. The Morgan fingerprint density at radius 2 is 1.95 bits per heavy atom. The summed E-state index contributed by atoms with van der Waals surface area (Å²) in [4.78, 5) is 39.9. The standard InChI is InChI=1S/C31H36N8O4/c1-19(2)23-10-4-7-20-8-5-11-24(25(20)23)34-29(40)27-26(33)28(36-30(35-27)43-18-22-9-6-14-37(22)3)38-15-16-39(31(41)42)21(17-38)12-13-32/h4-5,7-8,10-11,21-22H,1,6,9,12,14-18,33H2,2-3H3,(H,34,40)(H,41,42)/t21-,22-/m0/s1.